The molecule has 0 aromatic heterocycles. The number of esters is 1. The molecule has 0 amide bonds. The third kappa shape index (κ3) is 4.79. The minimum Gasteiger partial charge on any atom is -0.461 e. The molecule has 6 nitrogen and oxygen atoms in total. The summed E-state index contributed by atoms with van der Waals surface area (Å²) in [5.74, 6) is 0.751. The summed E-state index contributed by atoms with van der Waals surface area (Å²) in [7, 11) is -0.428. The Labute approximate surface area is 187 Å². The number of rotatable bonds is 5. The zero-order valence-electron chi connectivity index (χ0n) is 20.4. The maximum atomic E-state index is 11.7. The molecule has 2 heterocycles. The first-order chi connectivity index (χ1) is 14.4. The number of benzene rings is 1. The Hall–Kier alpha value is -1.57. The first-order valence-electron chi connectivity index (χ1n) is 11.3. The van der Waals surface area contributed by atoms with Gasteiger partial charge in [-0.05, 0) is 64.1 Å². The fraction of sp³-hybridized carbons (Fsp3) is 0.708. The molecule has 1 aromatic rings. The van der Waals surface area contributed by atoms with Crippen LogP contribution in [0.3, 0.4) is 0 Å². The van der Waals surface area contributed by atoms with Crippen molar-refractivity contribution in [3.8, 4) is 5.75 Å². The molecule has 2 aliphatic rings. The molecule has 2 aliphatic heterocycles. The van der Waals surface area contributed by atoms with Crippen LogP contribution in [-0.4, -0.2) is 42.8 Å². The van der Waals surface area contributed by atoms with Crippen molar-refractivity contribution in [1.29, 1.82) is 0 Å². The largest absolute Gasteiger partial charge is 0.494 e. The van der Waals surface area contributed by atoms with Crippen molar-refractivity contribution in [1.82, 2.24) is 0 Å². The normalized spacial score (nSPS) is 32.0. The Balaban J connectivity index is 1.80. The second-order valence-electron chi connectivity index (χ2n) is 9.97. The lowest BCUT2D eigenvalue weighted by Gasteiger charge is -2.43. The molecule has 2 fully saturated rings. The molecule has 0 bridgehead atoms. The van der Waals surface area contributed by atoms with Gasteiger partial charge in [0, 0.05) is 12.8 Å². The maximum absolute atomic E-state index is 11.7. The SMILES string of the molecule is CCC1OC(Oc2ccc(B3OC(C)(C)C(C)(C)O3)cc2C)C(OC(C)=O)C(C)C1C. The van der Waals surface area contributed by atoms with Crippen LogP contribution >= 0.6 is 0 Å². The average Bonchev–Trinajstić information content (AvgIpc) is 2.89. The van der Waals surface area contributed by atoms with E-state index < -0.39 is 30.7 Å². The lowest BCUT2D eigenvalue weighted by molar-refractivity contribution is -0.247. The van der Waals surface area contributed by atoms with Crippen LogP contribution in [0, 0.1) is 18.8 Å². The summed E-state index contributed by atoms with van der Waals surface area (Å²) in [5, 5.41) is 0. The van der Waals surface area contributed by atoms with Gasteiger partial charge in [-0.3, -0.25) is 4.79 Å². The minimum absolute atomic E-state index is 0.0520. The monoisotopic (exact) mass is 432 g/mol. The van der Waals surface area contributed by atoms with E-state index in [4.69, 9.17) is 23.5 Å². The first kappa shape index (κ1) is 24.1. The van der Waals surface area contributed by atoms with Crippen molar-refractivity contribution in [3.05, 3.63) is 23.8 Å². The summed E-state index contributed by atoms with van der Waals surface area (Å²) in [6.45, 7) is 17.9. The summed E-state index contributed by atoms with van der Waals surface area (Å²) in [6, 6.07) is 5.88. The molecular weight excluding hydrogens is 395 g/mol. The van der Waals surface area contributed by atoms with Crippen molar-refractivity contribution in [2.24, 2.45) is 11.8 Å². The van der Waals surface area contributed by atoms with E-state index in [9.17, 15) is 4.79 Å². The first-order valence-corrected chi connectivity index (χ1v) is 11.3. The van der Waals surface area contributed by atoms with Crippen LogP contribution < -0.4 is 10.2 Å². The number of carbonyl (C=O) groups excluding carboxylic acids is 1. The fourth-order valence-electron chi connectivity index (χ4n) is 4.23. The van der Waals surface area contributed by atoms with Gasteiger partial charge in [-0.1, -0.05) is 32.9 Å². The fourth-order valence-corrected chi connectivity index (χ4v) is 4.23. The Kier molecular flexibility index (Phi) is 6.80. The Morgan fingerprint density at radius 3 is 2.23 bits per heavy atom. The molecular formula is C24H37BO6. The molecule has 5 unspecified atom stereocenters. The van der Waals surface area contributed by atoms with Gasteiger partial charge in [0.1, 0.15) is 5.75 Å². The molecule has 0 spiro atoms. The molecule has 31 heavy (non-hydrogen) atoms. The van der Waals surface area contributed by atoms with Gasteiger partial charge in [0.15, 0.2) is 6.10 Å². The van der Waals surface area contributed by atoms with E-state index in [1.807, 2.05) is 52.8 Å². The second-order valence-corrected chi connectivity index (χ2v) is 9.97. The molecule has 7 heteroatoms. The quantitative estimate of drug-likeness (QED) is 0.518. The molecule has 1 aromatic carbocycles. The van der Waals surface area contributed by atoms with Gasteiger partial charge < -0.3 is 23.5 Å². The molecule has 172 valence electrons. The number of ether oxygens (including phenoxy) is 3. The van der Waals surface area contributed by atoms with Crippen LogP contribution in [0.5, 0.6) is 5.75 Å². The molecule has 3 rings (SSSR count). The Morgan fingerprint density at radius 2 is 1.71 bits per heavy atom. The van der Waals surface area contributed by atoms with Gasteiger partial charge >= 0.3 is 13.1 Å². The zero-order valence-corrected chi connectivity index (χ0v) is 20.4. The smallest absolute Gasteiger partial charge is 0.461 e. The highest BCUT2D eigenvalue weighted by atomic mass is 16.7. The lowest BCUT2D eigenvalue weighted by Crippen LogP contribution is -2.53. The molecule has 0 saturated carbocycles. The highest BCUT2D eigenvalue weighted by molar-refractivity contribution is 6.62. The lowest BCUT2D eigenvalue weighted by atomic mass is 9.78. The van der Waals surface area contributed by atoms with Gasteiger partial charge in [0.25, 0.3) is 0 Å². The van der Waals surface area contributed by atoms with E-state index in [0.29, 0.717) is 5.75 Å². The average molecular weight is 432 g/mol. The van der Waals surface area contributed by atoms with Crippen LogP contribution in [0.25, 0.3) is 0 Å². The number of carbonyl (C=O) groups is 1. The third-order valence-corrected chi connectivity index (χ3v) is 7.18. The van der Waals surface area contributed by atoms with Crippen molar-refractivity contribution in [2.45, 2.75) is 98.4 Å². The standard InChI is InChI=1S/C24H37BO6/c1-10-19-15(3)16(4)21(27-17(5)26)22(28-19)29-20-12-11-18(13-14(20)2)25-30-23(6,7)24(8,9)31-25/h11-13,15-16,19,21-22H,10H2,1-9H3. The van der Waals surface area contributed by atoms with Crippen LogP contribution in [0.2, 0.25) is 0 Å². The summed E-state index contributed by atoms with van der Waals surface area (Å²) < 4.78 is 30.4. The van der Waals surface area contributed by atoms with Crippen molar-refractivity contribution >= 4 is 18.6 Å². The van der Waals surface area contributed by atoms with Gasteiger partial charge in [0.2, 0.25) is 6.29 Å². The van der Waals surface area contributed by atoms with E-state index in [1.165, 1.54) is 6.92 Å². The van der Waals surface area contributed by atoms with E-state index in [0.717, 1.165) is 17.4 Å². The Morgan fingerprint density at radius 1 is 1.10 bits per heavy atom. The number of hydrogen-bond acceptors (Lipinski definition) is 6. The van der Waals surface area contributed by atoms with Gasteiger partial charge in [0.05, 0.1) is 17.3 Å². The van der Waals surface area contributed by atoms with Gasteiger partial charge in [-0.25, -0.2) is 0 Å². The van der Waals surface area contributed by atoms with Crippen LogP contribution in [0.1, 0.15) is 67.4 Å². The molecule has 0 radical (unpaired) electrons. The number of aryl methyl sites for hydroxylation is 1. The van der Waals surface area contributed by atoms with Crippen LogP contribution in [-0.2, 0) is 23.6 Å². The van der Waals surface area contributed by atoms with Crippen molar-refractivity contribution in [2.75, 3.05) is 0 Å². The van der Waals surface area contributed by atoms with E-state index in [-0.39, 0.29) is 23.9 Å². The third-order valence-electron chi connectivity index (χ3n) is 7.18. The summed E-state index contributed by atoms with van der Waals surface area (Å²) in [4.78, 5) is 11.7. The van der Waals surface area contributed by atoms with Crippen molar-refractivity contribution in [3.63, 3.8) is 0 Å². The predicted octanol–water partition coefficient (Wildman–Crippen LogP) is 4.01. The topological polar surface area (TPSA) is 63.2 Å². The molecule has 0 N–H and O–H groups in total. The number of hydrogen-bond donors (Lipinski definition) is 0. The zero-order chi connectivity index (χ0) is 23.1. The highest BCUT2D eigenvalue weighted by Crippen LogP contribution is 2.38. The highest BCUT2D eigenvalue weighted by Gasteiger charge is 2.52. The molecule has 2 saturated heterocycles. The summed E-state index contributed by atoms with van der Waals surface area (Å²) in [5.41, 5.74) is 1.10. The predicted molar refractivity (Wildman–Crippen MR) is 120 cm³/mol. The van der Waals surface area contributed by atoms with Crippen LogP contribution in [0.15, 0.2) is 18.2 Å². The molecule has 0 aliphatic carbocycles. The van der Waals surface area contributed by atoms with Gasteiger partial charge in [-0.15, -0.1) is 0 Å². The van der Waals surface area contributed by atoms with E-state index in [2.05, 4.69) is 20.8 Å². The minimum atomic E-state index is -0.651. The summed E-state index contributed by atoms with van der Waals surface area (Å²) in [6.07, 6.45) is -0.187. The van der Waals surface area contributed by atoms with E-state index in [1.54, 1.807) is 0 Å². The maximum Gasteiger partial charge on any atom is 0.494 e. The van der Waals surface area contributed by atoms with E-state index >= 15 is 0 Å². The molecule has 5 atom stereocenters. The summed E-state index contributed by atoms with van der Waals surface area (Å²) >= 11 is 0. The van der Waals surface area contributed by atoms with Gasteiger partial charge in [-0.2, -0.15) is 0 Å². The van der Waals surface area contributed by atoms with Crippen molar-refractivity contribution < 1.29 is 28.3 Å². The Bertz CT molecular complexity index is 791. The van der Waals surface area contributed by atoms with Crippen LogP contribution in [0.4, 0.5) is 0 Å². The second kappa shape index (κ2) is 8.76.